The van der Waals surface area contributed by atoms with E-state index in [1.165, 1.54) is 96.2 Å². The van der Waals surface area contributed by atoms with Crippen molar-refractivity contribution in [3.05, 3.63) is 43.0 Å². The Hall–Kier alpha value is -2.56. The van der Waals surface area contributed by atoms with Crippen LogP contribution in [0.4, 0.5) is 5.82 Å². The smallest absolute Gasteiger partial charge is 0.404 e. The Bertz CT molecular complexity index is 1280. The van der Waals surface area contributed by atoms with E-state index in [2.05, 4.69) is 21.9 Å². The van der Waals surface area contributed by atoms with Crippen LogP contribution in [-0.2, 0) is 29.8 Å². The first-order chi connectivity index (χ1) is 23.5. The van der Waals surface area contributed by atoms with Crippen molar-refractivity contribution in [2.45, 2.75) is 122 Å². The van der Waals surface area contributed by atoms with Gasteiger partial charge >= 0.3 is 7.60 Å². The Labute approximate surface area is 288 Å². The Balaban J connectivity index is 1.29. The number of fused-ring (bicyclic) bond motifs is 1. The summed E-state index contributed by atoms with van der Waals surface area (Å²) in [7, 11) is -2.11. The highest BCUT2D eigenvalue weighted by Gasteiger charge is 2.29. The number of hydrogen-bond donors (Lipinski definition) is 1. The summed E-state index contributed by atoms with van der Waals surface area (Å²) in [4.78, 5) is 12.6. The van der Waals surface area contributed by atoms with E-state index in [1.54, 1.807) is 30.1 Å². The van der Waals surface area contributed by atoms with Crippen LogP contribution in [0.1, 0.15) is 110 Å². The van der Waals surface area contributed by atoms with Crippen molar-refractivity contribution in [1.29, 1.82) is 0 Å². The molecular formula is C36H60N5O6P. The SMILES string of the molecule is CCCCCCCCCCCCCCCCCCOCCOP(=O)(COC(COC)Cn1cnc2c(N)ncnc21)Oc1ccccc1. The van der Waals surface area contributed by atoms with E-state index < -0.39 is 13.7 Å². The molecule has 0 bridgehead atoms. The number of benzene rings is 1. The van der Waals surface area contributed by atoms with Gasteiger partial charge in [0.25, 0.3) is 0 Å². The summed E-state index contributed by atoms with van der Waals surface area (Å²) in [5.41, 5.74) is 7.02. The predicted molar refractivity (Wildman–Crippen MR) is 192 cm³/mol. The van der Waals surface area contributed by atoms with E-state index in [-0.39, 0.29) is 19.6 Å². The summed E-state index contributed by atoms with van der Waals surface area (Å²) in [6.45, 7) is 3.97. The third-order valence-electron chi connectivity index (χ3n) is 8.30. The molecule has 270 valence electrons. The number of imidazole rings is 1. The number of anilines is 1. The summed E-state index contributed by atoms with van der Waals surface area (Å²) in [5, 5.41) is 0. The van der Waals surface area contributed by atoms with Crippen LogP contribution in [0.2, 0.25) is 0 Å². The predicted octanol–water partition coefficient (Wildman–Crippen LogP) is 8.96. The van der Waals surface area contributed by atoms with Gasteiger partial charge in [-0.05, 0) is 18.6 Å². The van der Waals surface area contributed by atoms with E-state index in [1.807, 2.05) is 18.2 Å². The number of nitrogens with zero attached hydrogens (tertiary/aromatic N) is 4. The van der Waals surface area contributed by atoms with Gasteiger partial charge < -0.3 is 29.0 Å². The molecule has 2 atom stereocenters. The number of rotatable bonds is 30. The largest absolute Gasteiger partial charge is 0.423 e. The minimum Gasteiger partial charge on any atom is -0.423 e. The molecule has 0 aliphatic rings. The van der Waals surface area contributed by atoms with E-state index in [9.17, 15) is 4.57 Å². The normalized spacial score (nSPS) is 13.5. The minimum absolute atomic E-state index is 0.129. The molecule has 2 heterocycles. The molecule has 48 heavy (non-hydrogen) atoms. The molecule has 1 aromatic carbocycles. The van der Waals surface area contributed by atoms with Crippen LogP contribution < -0.4 is 10.3 Å². The highest BCUT2D eigenvalue weighted by Crippen LogP contribution is 2.48. The standard InChI is InChI=1S/C36H60N5O6P/c1-3-4-5-6-7-8-9-10-11-12-13-14-15-16-17-21-24-44-25-26-46-48(42,47-32-22-19-18-20-23-32)31-45-33(28-43-2)27-41-30-40-34-35(37)38-29-39-36(34)41/h18-20,22-23,29-30,33H,3-17,21,24-28,31H2,1-2H3,(H2,37,38,39). The number of aromatic nitrogens is 4. The summed E-state index contributed by atoms with van der Waals surface area (Å²) in [5.74, 6) is 0.740. The molecule has 0 aliphatic heterocycles. The van der Waals surface area contributed by atoms with E-state index in [0.717, 1.165) is 12.8 Å². The van der Waals surface area contributed by atoms with Gasteiger partial charge in [0, 0.05) is 13.7 Å². The fourth-order valence-electron chi connectivity index (χ4n) is 5.61. The first kappa shape index (κ1) is 39.9. The topological polar surface area (TPSA) is 133 Å². The third kappa shape index (κ3) is 16.2. The van der Waals surface area contributed by atoms with Crippen molar-refractivity contribution in [3.63, 3.8) is 0 Å². The molecule has 2 aromatic heterocycles. The van der Waals surface area contributed by atoms with Gasteiger partial charge in [0.15, 0.2) is 17.8 Å². The second kappa shape index (κ2) is 24.6. The molecule has 3 rings (SSSR count). The van der Waals surface area contributed by atoms with Crippen LogP contribution in [0, 0.1) is 0 Å². The lowest BCUT2D eigenvalue weighted by molar-refractivity contribution is 0.00175. The van der Waals surface area contributed by atoms with Crippen molar-refractivity contribution < 1.29 is 27.8 Å². The number of hydrogen-bond acceptors (Lipinski definition) is 10. The Morgan fingerprint density at radius 1 is 0.792 bits per heavy atom. The Morgan fingerprint density at radius 2 is 1.42 bits per heavy atom. The van der Waals surface area contributed by atoms with Gasteiger partial charge in [0.1, 0.15) is 17.6 Å². The fourth-order valence-corrected chi connectivity index (χ4v) is 6.98. The van der Waals surface area contributed by atoms with Crippen molar-refractivity contribution in [2.75, 3.05) is 45.6 Å². The van der Waals surface area contributed by atoms with Gasteiger partial charge in [-0.2, -0.15) is 0 Å². The zero-order valence-corrected chi connectivity index (χ0v) is 30.3. The molecule has 11 nitrogen and oxygen atoms in total. The maximum absolute atomic E-state index is 13.8. The van der Waals surface area contributed by atoms with Crippen molar-refractivity contribution in [2.24, 2.45) is 0 Å². The van der Waals surface area contributed by atoms with E-state index >= 15 is 0 Å². The molecule has 0 radical (unpaired) electrons. The first-order valence-electron chi connectivity index (χ1n) is 18.1. The minimum atomic E-state index is -3.69. The average molecular weight is 690 g/mol. The number of nitrogen functional groups attached to an aromatic ring is 1. The molecule has 0 spiro atoms. The lowest BCUT2D eigenvalue weighted by Crippen LogP contribution is -2.26. The molecule has 0 amide bonds. The second-order valence-electron chi connectivity index (χ2n) is 12.5. The lowest BCUT2D eigenvalue weighted by Gasteiger charge is -2.23. The molecule has 0 fully saturated rings. The van der Waals surface area contributed by atoms with Crippen molar-refractivity contribution >= 4 is 24.6 Å². The summed E-state index contributed by atoms with van der Waals surface area (Å²) in [6, 6.07) is 8.96. The van der Waals surface area contributed by atoms with Gasteiger partial charge in [-0.15, -0.1) is 0 Å². The van der Waals surface area contributed by atoms with Crippen LogP contribution in [0.3, 0.4) is 0 Å². The Kier molecular flexibility index (Phi) is 20.4. The zero-order chi connectivity index (χ0) is 34.1. The highest BCUT2D eigenvalue weighted by atomic mass is 31.2. The molecule has 12 heteroatoms. The van der Waals surface area contributed by atoms with Gasteiger partial charge in [-0.3, -0.25) is 4.52 Å². The third-order valence-corrected chi connectivity index (χ3v) is 9.83. The summed E-state index contributed by atoms with van der Waals surface area (Å²) >= 11 is 0. The number of nitrogens with two attached hydrogens (primary N) is 1. The highest BCUT2D eigenvalue weighted by molar-refractivity contribution is 7.54. The van der Waals surface area contributed by atoms with Crippen molar-refractivity contribution in [1.82, 2.24) is 19.5 Å². The summed E-state index contributed by atoms with van der Waals surface area (Å²) < 4.78 is 44.5. The maximum atomic E-state index is 13.8. The molecule has 2 unspecified atom stereocenters. The monoisotopic (exact) mass is 689 g/mol. The number of para-hydroxylation sites is 1. The van der Waals surface area contributed by atoms with Gasteiger partial charge in [0.2, 0.25) is 0 Å². The van der Waals surface area contributed by atoms with Crippen molar-refractivity contribution in [3.8, 4) is 5.75 Å². The molecule has 2 N–H and O–H groups in total. The van der Waals surface area contributed by atoms with E-state index in [4.69, 9.17) is 29.0 Å². The Morgan fingerprint density at radius 3 is 2.04 bits per heavy atom. The molecular weight excluding hydrogens is 629 g/mol. The number of ether oxygens (including phenoxy) is 3. The summed E-state index contributed by atoms with van der Waals surface area (Å²) in [6.07, 6.45) is 23.6. The quantitative estimate of drug-likeness (QED) is 0.0534. The molecule has 3 aromatic rings. The molecule has 0 saturated heterocycles. The first-order valence-corrected chi connectivity index (χ1v) is 19.8. The molecule has 0 aliphatic carbocycles. The van der Waals surface area contributed by atoms with E-state index in [0.29, 0.717) is 42.5 Å². The van der Waals surface area contributed by atoms with Crippen LogP contribution in [0.15, 0.2) is 43.0 Å². The zero-order valence-electron chi connectivity index (χ0n) is 29.4. The van der Waals surface area contributed by atoms with Crippen LogP contribution in [-0.4, -0.2) is 65.5 Å². The fraction of sp³-hybridized carbons (Fsp3) is 0.694. The van der Waals surface area contributed by atoms with Gasteiger partial charge in [0.05, 0.1) is 38.8 Å². The number of unbranched alkanes of at least 4 members (excludes halogenated alkanes) is 15. The van der Waals surface area contributed by atoms with Crippen LogP contribution >= 0.6 is 7.60 Å². The van der Waals surface area contributed by atoms with Gasteiger partial charge in [-0.1, -0.05) is 121 Å². The lowest BCUT2D eigenvalue weighted by atomic mass is 10.0. The van der Waals surface area contributed by atoms with Crippen LogP contribution in [0.5, 0.6) is 5.75 Å². The molecule has 0 saturated carbocycles. The number of methoxy groups -OCH3 is 1. The maximum Gasteiger partial charge on any atom is 0.404 e. The van der Waals surface area contributed by atoms with Gasteiger partial charge in [-0.25, -0.2) is 19.5 Å². The average Bonchev–Trinajstić information content (AvgIpc) is 3.50. The second-order valence-corrected chi connectivity index (χ2v) is 14.4. The van der Waals surface area contributed by atoms with Crippen LogP contribution in [0.25, 0.3) is 11.2 Å².